The van der Waals surface area contributed by atoms with E-state index >= 15 is 0 Å². The van der Waals surface area contributed by atoms with Crippen molar-refractivity contribution in [1.82, 2.24) is 4.31 Å². The van der Waals surface area contributed by atoms with E-state index in [1.807, 2.05) is 0 Å². The minimum Gasteiger partial charge on any atom is -0.329 e. The van der Waals surface area contributed by atoms with Gasteiger partial charge in [-0.2, -0.15) is 4.31 Å². The van der Waals surface area contributed by atoms with Crippen molar-refractivity contribution in [1.29, 1.82) is 0 Å². The first-order valence-corrected chi connectivity index (χ1v) is 7.85. The molecular formula is C12H16FN3O4S. The van der Waals surface area contributed by atoms with E-state index in [-0.39, 0.29) is 12.5 Å². The number of nitro benzene ring substituents is 1. The third-order valence-electron chi connectivity index (χ3n) is 3.65. The van der Waals surface area contributed by atoms with Gasteiger partial charge in [0.1, 0.15) is 5.82 Å². The molecule has 0 heterocycles. The quantitative estimate of drug-likeness (QED) is 0.624. The maximum Gasteiger partial charge on any atom is 0.292 e. The number of likely N-dealkylation sites (N-methyl/N-ethyl adjacent to an activating group) is 1. The predicted octanol–water partition coefficient (Wildman–Crippen LogP) is 1.09. The molecule has 0 amide bonds. The third-order valence-corrected chi connectivity index (χ3v) is 5.58. The molecule has 1 atom stereocenters. The average molecular weight is 317 g/mol. The molecule has 7 nitrogen and oxygen atoms in total. The lowest BCUT2D eigenvalue weighted by Crippen LogP contribution is -2.43. The lowest BCUT2D eigenvalue weighted by molar-refractivity contribution is -0.388. The average Bonchev–Trinajstić information content (AvgIpc) is 3.23. The van der Waals surface area contributed by atoms with Gasteiger partial charge in [-0.15, -0.1) is 0 Å². The molecule has 116 valence electrons. The van der Waals surface area contributed by atoms with Gasteiger partial charge >= 0.3 is 0 Å². The summed E-state index contributed by atoms with van der Waals surface area (Å²) in [5.74, 6) is -0.685. The van der Waals surface area contributed by atoms with Gasteiger partial charge in [0.2, 0.25) is 10.0 Å². The Morgan fingerprint density at radius 2 is 2.14 bits per heavy atom. The van der Waals surface area contributed by atoms with Crippen LogP contribution in [0.5, 0.6) is 0 Å². The molecule has 0 radical (unpaired) electrons. The van der Waals surface area contributed by atoms with Crippen LogP contribution in [0, 0.1) is 21.8 Å². The second-order valence-electron chi connectivity index (χ2n) is 5.03. The summed E-state index contributed by atoms with van der Waals surface area (Å²) < 4.78 is 39.3. The van der Waals surface area contributed by atoms with E-state index < -0.39 is 37.4 Å². The van der Waals surface area contributed by atoms with Gasteiger partial charge in [0, 0.05) is 19.6 Å². The van der Waals surface area contributed by atoms with Gasteiger partial charge in [0.15, 0.2) is 4.90 Å². The molecule has 1 aliphatic rings. The summed E-state index contributed by atoms with van der Waals surface area (Å²) >= 11 is 0. The predicted molar refractivity (Wildman–Crippen MR) is 73.6 cm³/mol. The van der Waals surface area contributed by atoms with Crippen molar-refractivity contribution in [3.05, 3.63) is 34.1 Å². The first kappa shape index (κ1) is 15.8. The number of halogens is 1. The first-order chi connectivity index (χ1) is 9.78. The Kier molecular flexibility index (Phi) is 4.26. The van der Waals surface area contributed by atoms with Gasteiger partial charge in [-0.3, -0.25) is 10.1 Å². The summed E-state index contributed by atoms with van der Waals surface area (Å²) in [4.78, 5) is 9.54. The first-order valence-electron chi connectivity index (χ1n) is 6.41. The van der Waals surface area contributed by atoms with E-state index in [9.17, 15) is 22.9 Å². The van der Waals surface area contributed by atoms with Gasteiger partial charge in [-0.25, -0.2) is 12.8 Å². The summed E-state index contributed by atoms with van der Waals surface area (Å²) in [5.41, 5.74) is 4.84. The van der Waals surface area contributed by atoms with Gasteiger partial charge < -0.3 is 5.73 Å². The Hall–Kier alpha value is -1.58. The highest BCUT2D eigenvalue weighted by Gasteiger charge is 2.40. The van der Waals surface area contributed by atoms with Crippen LogP contribution >= 0.6 is 0 Å². The number of hydrogen-bond acceptors (Lipinski definition) is 5. The Morgan fingerprint density at radius 1 is 1.52 bits per heavy atom. The van der Waals surface area contributed by atoms with E-state index in [1.54, 1.807) is 0 Å². The van der Waals surface area contributed by atoms with E-state index in [0.717, 1.165) is 29.3 Å². The van der Waals surface area contributed by atoms with E-state index in [4.69, 9.17) is 5.73 Å². The minimum absolute atomic E-state index is 0.134. The topological polar surface area (TPSA) is 107 Å². The summed E-state index contributed by atoms with van der Waals surface area (Å²) in [5, 5.41) is 11.0. The van der Waals surface area contributed by atoms with Crippen LogP contribution in [0.15, 0.2) is 23.1 Å². The maximum absolute atomic E-state index is 13.1. The van der Waals surface area contributed by atoms with Crippen molar-refractivity contribution in [3.8, 4) is 0 Å². The molecule has 2 rings (SSSR count). The highest BCUT2D eigenvalue weighted by Crippen LogP contribution is 2.37. The van der Waals surface area contributed by atoms with Crippen molar-refractivity contribution >= 4 is 15.7 Å². The fourth-order valence-electron chi connectivity index (χ4n) is 2.30. The van der Waals surface area contributed by atoms with Crippen LogP contribution < -0.4 is 5.73 Å². The fraction of sp³-hybridized carbons (Fsp3) is 0.500. The monoisotopic (exact) mass is 317 g/mol. The number of rotatable bonds is 6. The van der Waals surface area contributed by atoms with Crippen molar-refractivity contribution in [2.24, 2.45) is 11.7 Å². The van der Waals surface area contributed by atoms with E-state index in [1.165, 1.54) is 7.05 Å². The Balaban J connectivity index is 2.46. The molecule has 0 saturated heterocycles. The lowest BCUT2D eigenvalue weighted by atomic mass is 10.2. The largest absolute Gasteiger partial charge is 0.329 e. The Bertz CT molecular complexity index is 660. The molecule has 21 heavy (non-hydrogen) atoms. The highest BCUT2D eigenvalue weighted by molar-refractivity contribution is 7.89. The Labute approximate surface area is 121 Å². The summed E-state index contributed by atoms with van der Waals surface area (Å²) in [6.45, 7) is 0.134. The van der Waals surface area contributed by atoms with Crippen LogP contribution in [-0.2, 0) is 10.0 Å². The lowest BCUT2D eigenvalue weighted by Gasteiger charge is -2.26. The standard InChI is InChI=1S/C12H16FN3O4S/c1-15(11(7-14)8-2-3-8)21(19,20)12-5-4-9(13)6-10(12)16(17)18/h4-6,8,11H,2-3,7,14H2,1H3. The zero-order chi connectivity index (χ0) is 15.8. The summed E-state index contributed by atoms with van der Waals surface area (Å²) in [6.07, 6.45) is 1.76. The van der Waals surface area contributed by atoms with Crippen LogP contribution in [0.2, 0.25) is 0 Å². The fourth-order valence-corrected chi connectivity index (χ4v) is 3.87. The molecule has 0 aromatic heterocycles. The van der Waals surface area contributed by atoms with Gasteiger partial charge in [0.25, 0.3) is 5.69 Å². The molecule has 1 aromatic rings. The second kappa shape index (κ2) is 5.66. The molecule has 1 unspecified atom stereocenters. The molecule has 2 N–H and O–H groups in total. The maximum atomic E-state index is 13.1. The second-order valence-corrected chi connectivity index (χ2v) is 7.00. The molecular weight excluding hydrogens is 301 g/mol. The smallest absolute Gasteiger partial charge is 0.292 e. The van der Waals surface area contributed by atoms with E-state index in [0.29, 0.717) is 6.07 Å². The number of sulfonamides is 1. The van der Waals surface area contributed by atoms with Gasteiger partial charge in [-0.1, -0.05) is 0 Å². The zero-order valence-electron chi connectivity index (χ0n) is 11.4. The zero-order valence-corrected chi connectivity index (χ0v) is 12.2. The van der Waals surface area contributed by atoms with Crippen LogP contribution in [0.4, 0.5) is 10.1 Å². The highest BCUT2D eigenvalue weighted by atomic mass is 32.2. The van der Waals surface area contributed by atoms with Crippen LogP contribution in [0.1, 0.15) is 12.8 Å². The molecule has 0 aliphatic heterocycles. The van der Waals surface area contributed by atoms with Gasteiger partial charge in [0.05, 0.1) is 11.0 Å². The SMILES string of the molecule is CN(C(CN)C1CC1)S(=O)(=O)c1ccc(F)cc1[N+](=O)[O-]. The normalized spacial score (nSPS) is 17.0. The molecule has 1 aliphatic carbocycles. The third kappa shape index (κ3) is 3.04. The van der Waals surface area contributed by atoms with Crippen molar-refractivity contribution in [2.75, 3.05) is 13.6 Å². The number of nitrogens with two attached hydrogens (primary N) is 1. The number of benzene rings is 1. The molecule has 9 heteroatoms. The van der Waals surface area contributed by atoms with Crippen molar-refractivity contribution < 1.29 is 17.7 Å². The summed E-state index contributed by atoms with van der Waals surface area (Å²) in [6, 6.07) is 2.01. The number of nitro groups is 1. The van der Waals surface area contributed by atoms with Crippen molar-refractivity contribution in [2.45, 2.75) is 23.8 Å². The van der Waals surface area contributed by atoms with Crippen LogP contribution in [0.3, 0.4) is 0 Å². The molecule has 1 saturated carbocycles. The van der Waals surface area contributed by atoms with E-state index in [2.05, 4.69) is 0 Å². The molecule has 1 aromatic carbocycles. The molecule has 0 spiro atoms. The molecule has 1 fully saturated rings. The summed E-state index contributed by atoms with van der Waals surface area (Å²) in [7, 11) is -2.76. The van der Waals surface area contributed by atoms with Gasteiger partial charge in [-0.05, 0) is 30.9 Å². The Morgan fingerprint density at radius 3 is 2.62 bits per heavy atom. The number of nitrogens with zero attached hydrogens (tertiary/aromatic N) is 2. The van der Waals surface area contributed by atoms with Crippen molar-refractivity contribution in [3.63, 3.8) is 0 Å². The number of hydrogen-bond donors (Lipinski definition) is 1. The van der Waals surface area contributed by atoms with Crippen LogP contribution in [0.25, 0.3) is 0 Å². The minimum atomic E-state index is -4.10. The molecule has 0 bridgehead atoms. The van der Waals surface area contributed by atoms with Crippen LogP contribution in [-0.4, -0.2) is 37.3 Å².